The molecule has 160 valence electrons. The van der Waals surface area contributed by atoms with E-state index >= 15 is 0 Å². The maximum Gasteiger partial charge on any atom is 0.405 e. The molecule has 0 spiro atoms. The number of benzene rings is 1. The molecule has 7 nitrogen and oxygen atoms in total. The van der Waals surface area contributed by atoms with Crippen molar-refractivity contribution in [3.8, 4) is 0 Å². The van der Waals surface area contributed by atoms with Crippen molar-refractivity contribution in [2.75, 3.05) is 25.0 Å². The van der Waals surface area contributed by atoms with Crippen molar-refractivity contribution in [1.82, 2.24) is 10.2 Å². The van der Waals surface area contributed by atoms with Gasteiger partial charge < -0.3 is 20.0 Å². The van der Waals surface area contributed by atoms with Gasteiger partial charge >= 0.3 is 6.18 Å². The number of alkyl halides is 3. The quantitative estimate of drug-likeness (QED) is 0.773. The predicted octanol–water partition coefficient (Wildman–Crippen LogP) is 3.06. The second-order valence-corrected chi connectivity index (χ2v) is 6.91. The number of para-hydroxylation sites is 1. The van der Waals surface area contributed by atoms with Crippen molar-refractivity contribution >= 4 is 23.4 Å². The fourth-order valence-electron chi connectivity index (χ4n) is 3.21. The number of carbonyl (C=O) groups is 3. The van der Waals surface area contributed by atoms with E-state index in [-0.39, 0.29) is 29.0 Å². The second-order valence-electron chi connectivity index (χ2n) is 6.91. The zero-order valence-electron chi connectivity index (χ0n) is 15.9. The highest BCUT2D eigenvalue weighted by Crippen LogP contribution is 2.23. The zero-order valence-corrected chi connectivity index (χ0v) is 15.9. The van der Waals surface area contributed by atoms with Crippen LogP contribution in [-0.4, -0.2) is 48.4 Å². The average Bonchev–Trinajstić information content (AvgIpc) is 3.26. The largest absolute Gasteiger partial charge is 0.472 e. The van der Waals surface area contributed by atoms with Crippen molar-refractivity contribution in [3.05, 3.63) is 54.0 Å². The molecule has 1 aromatic heterocycles. The van der Waals surface area contributed by atoms with Crippen LogP contribution in [0.15, 0.2) is 47.3 Å². The third kappa shape index (κ3) is 5.40. The van der Waals surface area contributed by atoms with E-state index < -0.39 is 18.6 Å². The monoisotopic (exact) mass is 423 g/mol. The van der Waals surface area contributed by atoms with Gasteiger partial charge in [0.15, 0.2) is 0 Å². The zero-order chi connectivity index (χ0) is 21.7. The first-order valence-corrected chi connectivity index (χ1v) is 9.31. The molecule has 3 amide bonds. The highest BCUT2D eigenvalue weighted by molar-refractivity contribution is 6.04. The van der Waals surface area contributed by atoms with Crippen molar-refractivity contribution < 1.29 is 32.0 Å². The summed E-state index contributed by atoms with van der Waals surface area (Å²) in [5.74, 6) is -1.83. The fourth-order valence-corrected chi connectivity index (χ4v) is 3.21. The Balaban J connectivity index is 1.58. The van der Waals surface area contributed by atoms with E-state index in [1.165, 1.54) is 30.7 Å². The number of nitrogens with zero attached hydrogens (tertiary/aromatic N) is 1. The molecule has 1 aliphatic rings. The Labute approximate surface area is 170 Å². The third-order valence-corrected chi connectivity index (χ3v) is 4.80. The van der Waals surface area contributed by atoms with E-state index in [1.54, 1.807) is 22.3 Å². The molecule has 0 radical (unpaired) electrons. The molecule has 2 N–H and O–H groups in total. The van der Waals surface area contributed by atoms with E-state index in [1.807, 2.05) is 0 Å². The van der Waals surface area contributed by atoms with Crippen molar-refractivity contribution in [2.24, 2.45) is 5.92 Å². The Kier molecular flexibility index (Phi) is 6.43. The molecular weight excluding hydrogens is 403 g/mol. The van der Waals surface area contributed by atoms with Gasteiger partial charge in [0, 0.05) is 19.0 Å². The summed E-state index contributed by atoms with van der Waals surface area (Å²) in [5.41, 5.74) is 0.526. The predicted molar refractivity (Wildman–Crippen MR) is 101 cm³/mol. The van der Waals surface area contributed by atoms with Crippen LogP contribution in [0.2, 0.25) is 0 Å². The van der Waals surface area contributed by atoms with Crippen LogP contribution in [-0.2, 0) is 4.79 Å². The molecule has 1 aliphatic heterocycles. The Morgan fingerprint density at radius 1 is 1.10 bits per heavy atom. The van der Waals surface area contributed by atoms with Crippen LogP contribution in [0.4, 0.5) is 18.9 Å². The number of halogens is 3. The average molecular weight is 423 g/mol. The van der Waals surface area contributed by atoms with Crippen LogP contribution in [0.3, 0.4) is 0 Å². The van der Waals surface area contributed by atoms with Gasteiger partial charge in [-0.3, -0.25) is 14.4 Å². The van der Waals surface area contributed by atoms with Gasteiger partial charge in [-0.1, -0.05) is 12.1 Å². The lowest BCUT2D eigenvalue weighted by molar-refractivity contribution is -0.123. The van der Waals surface area contributed by atoms with Gasteiger partial charge in [-0.05, 0) is 31.0 Å². The molecule has 10 heteroatoms. The number of hydrogen-bond acceptors (Lipinski definition) is 4. The molecule has 1 fully saturated rings. The van der Waals surface area contributed by atoms with Crippen LogP contribution < -0.4 is 10.6 Å². The maximum atomic E-state index is 12.6. The van der Waals surface area contributed by atoms with Crippen molar-refractivity contribution in [2.45, 2.75) is 19.0 Å². The number of rotatable bonds is 5. The minimum Gasteiger partial charge on any atom is -0.472 e. The molecule has 0 unspecified atom stereocenters. The summed E-state index contributed by atoms with van der Waals surface area (Å²) in [6, 6.07) is 7.44. The molecule has 3 rings (SSSR count). The number of carbonyl (C=O) groups excluding carboxylic acids is 3. The smallest absolute Gasteiger partial charge is 0.405 e. The summed E-state index contributed by atoms with van der Waals surface area (Å²) in [6.07, 6.45) is -0.900. The number of piperidine rings is 1. The molecule has 0 atom stereocenters. The van der Waals surface area contributed by atoms with Crippen LogP contribution in [0, 0.1) is 5.92 Å². The normalized spacial score (nSPS) is 15.0. The van der Waals surface area contributed by atoms with Gasteiger partial charge in [0.2, 0.25) is 5.91 Å². The highest BCUT2D eigenvalue weighted by atomic mass is 19.4. The maximum absolute atomic E-state index is 12.6. The number of furan rings is 1. The van der Waals surface area contributed by atoms with E-state index in [9.17, 15) is 27.6 Å². The summed E-state index contributed by atoms with van der Waals surface area (Å²) in [7, 11) is 0. The standard InChI is InChI=1S/C20H20F3N3O4/c21-20(22,23)12-24-18(28)15-3-1-2-4-16(15)25-17(27)13-5-8-26(9-6-13)19(29)14-7-10-30-11-14/h1-4,7,10-11,13H,5-6,8-9,12H2,(H,24,28)(H,25,27). The lowest BCUT2D eigenvalue weighted by Gasteiger charge is -2.31. The summed E-state index contributed by atoms with van der Waals surface area (Å²) in [6.45, 7) is -0.692. The first-order valence-electron chi connectivity index (χ1n) is 9.31. The Bertz CT molecular complexity index is 904. The summed E-state index contributed by atoms with van der Waals surface area (Å²) >= 11 is 0. The lowest BCUT2D eigenvalue weighted by Crippen LogP contribution is -2.41. The second kappa shape index (κ2) is 9.02. The number of hydrogen-bond donors (Lipinski definition) is 2. The number of anilines is 1. The van der Waals surface area contributed by atoms with E-state index in [4.69, 9.17) is 4.42 Å². The van der Waals surface area contributed by atoms with Gasteiger partial charge in [0.25, 0.3) is 11.8 Å². The Morgan fingerprint density at radius 3 is 2.43 bits per heavy atom. The molecular formula is C20H20F3N3O4. The van der Waals surface area contributed by atoms with Crippen LogP contribution in [0.1, 0.15) is 33.6 Å². The molecule has 1 aromatic carbocycles. The molecule has 2 heterocycles. The minimum atomic E-state index is -4.53. The Morgan fingerprint density at radius 2 is 1.80 bits per heavy atom. The third-order valence-electron chi connectivity index (χ3n) is 4.80. The van der Waals surface area contributed by atoms with Crippen molar-refractivity contribution in [1.29, 1.82) is 0 Å². The highest BCUT2D eigenvalue weighted by Gasteiger charge is 2.30. The Hall–Kier alpha value is -3.30. The summed E-state index contributed by atoms with van der Waals surface area (Å²) < 4.78 is 41.9. The van der Waals surface area contributed by atoms with E-state index in [0.717, 1.165) is 0 Å². The molecule has 2 aromatic rings. The first-order chi connectivity index (χ1) is 14.2. The summed E-state index contributed by atoms with van der Waals surface area (Å²) in [5, 5.41) is 4.43. The lowest BCUT2D eigenvalue weighted by atomic mass is 9.95. The van der Waals surface area contributed by atoms with Crippen LogP contribution >= 0.6 is 0 Å². The van der Waals surface area contributed by atoms with Gasteiger partial charge in [-0.15, -0.1) is 0 Å². The number of likely N-dealkylation sites (tertiary alicyclic amines) is 1. The van der Waals surface area contributed by atoms with Gasteiger partial charge in [0.05, 0.1) is 23.1 Å². The van der Waals surface area contributed by atoms with Crippen molar-refractivity contribution in [3.63, 3.8) is 0 Å². The fraction of sp³-hybridized carbons (Fsp3) is 0.350. The van der Waals surface area contributed by atoms with E-state index in [0.29, 0.717) is 31.5 Å². The van der Waals surface area contributed by atoms with Gasteiger partial charge in [-0.25, -0.2) is 0 Å². The molecule has 0 saturated carbocycles. The first kappa shape index (κ1) is 21.4. The number of nitrogens with one attached hydrogen (secondary N) is 2. The molecule has 0 bridgehead atoms. The topological polar surface area (TPSA) is 91.7 Å². The SMILES string of the molecule is O=C(NCC(F)(F)F)c1ccccc1NC(=O)C1CCN(C(=O)c2ccoc2)CC1. The van der Waals surface area contributed by atoms with Crippen LogP contribution in [0.25, 0.3) is 0 Å². The van der Waals surface area contributed by atoms with Gasteiger partial charge in [0.1, 0.15) is 12.8 Å². The minimum absolute atomic E-state index is 0.0531. The molecule has 0 aliphatic carbocycles. The van der Waals surface area contributed by atoms with Gasteiger partial charge in [-0.2, -0.15) is 13.2 Å². The van der Waals surface area contributed by atoms with Crippen LogP contribution in [0.5, 0.6) is 0 Å². The molecule has 30 heavy (non-hydrogen) atoms. The molecule has 1 saturated heterocycles. The summed E-state index contributed by atoms with van der Waals surface area (Å²) in [4.78, 5) is 38.7. The number of amides is 3. The van der Waals surface area contributed by atoms with E-state index in [2.05, 4.69) is 5.32 Å².